The number of aliphatic hydroxyl groups is 1. The van der Waals surface area contributed by atoms with Gasteiger partial charge in [0.2, 0.25) is 5.91 Å². The van der Waals surface area contributed by atoms with Gasteiger partial charge in [0.1, 0.15) is 0 Å². The third kappa shape index (κ3) is 2.53. The number of carbonyl (C=O) groups excluding carboxylic acids is 1. The predicted octanol–water partition coefficient (Wildman–Crippen LogP) is -0.652. The minimum absolute atomic E-state index is 0.114. The Morgan fingerprint density at radius 2 is 2.12 bits per heavy atom. The van der Waals surface area contributed by atoms with Crippen LogP contribution >= 0.6 is 0 Å². The molecule has 16 heavy (non-hydrogen) atoms. The van der Waals surface area contributed by atoms with Crippen molar-refractivity contribution in [1.29, 1.82) is 0 Å². The number of hydrogen-bond acceptors (Lipinski definition) is 4. The summed E-state index contributed by atoms with van der Waals surface area (Å²) in [4.78, 5) is 13.9. The summed E-state index contributed by atoms with van der Waals surface area (Å²) in [7, 11) is 0. The summed E-state index contributed by atoms with van der Waals surface area (Å²) in [5.74, 6) is 0.114. The van der Waals surface area contributed by atoms with Gasteiger partial charge in [-0.3, -0.25) is 10.1 Å². The molecule has 2 rings (SSSR count). The van der Waals surface area contributed by atoms with Gasteiger partial charge >= 0.3 is 0 Å². The molecule has 1 aliphatic carbocycles. The first kappa shape index (κ1) is 11.8. The molecule has 2 N–H and O–H groups in total. The zero-order valence-electron chi connectivity index (χ0n) is 9.74. The molecule has 1 aliphatic heterocycles. The molecule has 0 radical (unpaired) electrons. The molecule has 1 heterocycles. The highest BCUT2D eigenvalue weighted by molar-refractivity contribution is 5.81. The highest BCUT2D eigenvalue weighted by Gasteiger charge is 2.44. The lowest BCUT2D eigenvalue weighted by Crippen LogP contribution is -2.53. The number of aliphatic hydroxyl groups excluding tert-OH is 1. The van der Waals surface area contributed by atoms with Crippen LogP contribution < -0.4 is 5.32 Å². The fourth-order valence-corrected chi connectivity index (χ4v) is 2.08. The molecule has 2 fully saturated rings. The number of hydrogen-bond donors (Lipinski definition) is 2. The highest BCUT2D eigenvalue weighted by Crippen LogP contribution is 2.35. The van der Waals surface area contributed by atoms with Gasteiger partial charge in [0, 0.05) is 18.6 Å². The summed E-state index contributed by atoms with van der Waals surface area (Å²) in [5.41, 5.74) is -0.179. The molecule has 92 valence electrons. The van der Waals surface area contributed by atoms with Gasteiger partial charge in [-0.1, -0.05) is 0 Å². The van der Waals surface area contributed by atoms with E-state index in [2.05, 4.69) is 5.32 Å². The van der Waals surface area contributed by atoms with E-state index in [1.807, 2.05) is 11.8 Å². The average Bonchev–Trinajstić information content (AvgIpc) is 3.09. The van der Waals surface area contributed by atoms with Crippen molar-refractivity contribution in [3.63, 3.8) is 0 Å². The number of ether oxygens (including phenoxy) is 1. The number of rotatable bonds is 4. The first-order chi connectivity index (χ1) is 7.67. The maximum atomic E-state index is 12.0. The topological polar surface area (TPSA) is 61.8 Å². The zero-order valence-corrected chi connectivity index (χ0v) is 9.74. The normalized spacial score (nSPS) is 25.2. The second-order valence-corrected chi connectivity index (χ2v) is 4.74. The standard InChI is InChI=1S/C11H20N2O3/c1-9(12-11(8-14)2-3-11)10(15)13-4-6-16-7-5-13/h9,12,14H,2-8H2,1H3. The van der Waals surface area contributed by atoms with Gasteiger partial charge in [0.15, 0.2) is 0 Å². The molecule has 1 unspecified atom stereocenters. The molecule has 1 saturated heterocycles. The fraction of sp³-hybridized carbons (Fsp3) is 0.909. The minimum atomic E-state index is -0.215. The molecule has 0 aromatic carbocycles. The molecular weight excluding hydrogens is 208 g/mol. The maximum Gasteiger partial charge on any atom is 0.239 e. The second-order valence-electron chi connectivity index (χ2n) is 4.74. The van der Waals surface area contributed by atoms with E-state index in [-0.39, 0.29) is 24.1 Å². The van der Waals surface area contributed by atoms with Gasteiger partial charge in [0.25, 0.3) is 0 Å². The molecule has 1 amide bonds. The lowest BCUT2D eigenvalue weighted by Gasteiger charge is -2.31. The van der Waals surface area contributed by atoms with Crippen LogP contribution in [0.4, 0.5) is 0 Å². The summed E-state index contributed by atoms with van der Waals surface area (Å²) in [6.07, 6.45) is 1.93. The van der Waals surface area contributed by atoms with Crippen LogP contribution in [-0.2, 0) is 9.53 Å². The average molecular weight is 228 g/mol. The lowest BCUT2D eigenvalue weighted by atomic mass is 10.2. The molecule has 2 aliphatic rings. The van der Waals surface area contributed by atoms with Crippen LogP contribution in [0.1, 0.15) is 19.8 Å². The van der Waals surface area contributed by atoms with Gasteiger partial charge in [-0.2, -0.15) is 0 Å². The van der Waals surface area contributed by atoms with Crippen LogP contribution in [0.15, 0.2) is 0 Å². The van der Waals surface area contributed by atoms with Gasteiger partial charge in [-0.15, -0.1) is 0 Å². The van der Waals surface area contributed by atoms with Gasteiger partial charge in [-0.25, -0.2) is 0 Å². The van der Waals surface area contributed by atoms with E-state index in [1.165, 1.54) is 0 Å². The van der Waals surface area contributed by atoms with Crippen molar-refractivity contribution in [2.24, 2.45) is 0 Å². The van der Waals surface area contributed by atoms with E-state index in [9.17, 15) is 9.90 Å². The Labute approximate surface area is 95.8 Å². The van der Waals surface area contributed by atoms with E-state index < -0.39 is 0 Å². The van der Waals surface area contributed by atoms with Crippen molar-refractivity contribution in [2.45, 2.75) is 31.3 Å². The van der Waals surface area contributed by atoms with E-state index in [0.29, 0.717) is 26.3 Å². The largest absolute Gasteiger partial charge is 0.394 e. The fourth-order valence-electron chi connectivity index (χ4n) is 2.08. The molecule has 0 aromatic heterocycles. The van der Waals surface area contributed by atoms with Crippen molar-refractivity contribution >= 4 is 5.91 Å². The number of nitrogens with one attached hydrogen (secondary N) is 1. The molecule has 1 atom stereocenters. The molecule has 5 heteroatoms. The van der Waals surface area contributed by atoms with Crippen LogP contribution in [0.5, 0.6) is 0 Å². The van der Waals surface area contributed by atoms with Crippen LogP contribution in [0.25, 0.3) is 0 Å². The quantitative estimate of drug-likeness (QED) is 0.671. The van der Waals surface area contributed by atoms with E-state index >= 15 is 0 Å². The molecule has 0 bridgehead atoms. The lowest BCUT2D eigenvalue weighted by molar-refractivity contribution is -0.137. The van der Waals surface area contributed by atoms with Crippen LogP contribution in [0.2, 0.25) is 0 Å². The summed E-state index contributed by atoms with van der Waals surface area (Å²) in [6, 6.07) is -0.215. The van der Waals surface area contributed by atoms with Crippen molar-refractivity contribution in [3.05, 3.63) is 0 Å². The van der Waals surface area contributed by atoms with E-state index in [4.69, 9.17) is 4.74 Å². The van der Waals surface area contributed by atoms with Crippen molar-refractivity contribution in [3.8, 4) is 0 Å². The number of amides is 1. The monoisotopic (exact) mass is 228 g/mol. The second kappa shape index (κ2) is 4.69. The van der Waals surface area contributed by atoms with Gasteiger partial charge < -0.3 is 14.7 Å². The molecule has 1 saturated carbocycles. The van der Waals surface area contributed by atoms with Crippen molar-refractivity contribution in [1.82, 2.24) is 10.2 Å². The Kier molecular flexibility index (Phi) is 3.47. The smallest absolute Gasteiger partial charge is 0.239 e. The Morgan fingerprint density at radius 3 is 2.62 bits per heavy atom. The van der Waals surface area contributed by atoms with Crippen molar-refractivity contribution < 1.29 is 14.6 Å². The Morgan fingerprint density at radius 1 is 1.50 bits per heavy atom. The summed E-state index contributed by atoms with van der Waals surface area (Å²) < 4.78 is 5.21. The molecule has 0 spiro atoms. The highest BCUT2D eigenvalue weighted by atomic mass is 16.5. The SMILES string of the molecule is CC(NC1(CO)CC1)C(=O)N1CCOCC1. The van der Waals surface area contributed by atoms with Crippen LogP contribution in [0.3, 0.4) is 0 Å². The number of carbonyl (C=O) groups is 1. The third-order valence-electron chi connectivity index (χ3n) is 3.37. The van der Waals surface area contributed by atoms with Crippen LogP contribution in [-0.4, -0.2) is 60.4 Å². The molecule has 5 nitrogen and oxygen atoms in total. The first-order valence-corrected chi connectivity index (χ1v) is 5.92. The molecule has 0 aromatic rings. The first-order valence-electron chi connectivity index (χ1n) is 5.92. The van der Waals surface area contributed by atoms with Crippen molar-refractivity contribution in [2.75, 3.05) is 32.9 Å². The summed E-state index contributed by atoms with van der Waals surface area (Å²) in [5, 5.41) is 12.4. The Bertz CT molecular complexity index is 260. The Hall–Kier alpha value is -0.650. The minimum Gasteiger partial charge on any atom is -0.394 e. The number of nitrogens with zero attached hydrogens (tertiary/aromatic N) is 1. The third-order valence-corrected chi connectivity index (χ3v) is 3.37. The van der Waals surface area contributed by atoms with Crippen LogP contribution in [0, 0.1) is 0 Å². The summed E-state index contributed by atoms with van der Waals surface area (Å²) in [6.45, 7) is 4.60. The zero-order chi connectivity index (χ0) is 11.6. The Balaban J connectivity index is 1.83. The maximum absolute atomic E-state index is 12.0. The number of morpholine rings is 1. The van der Waals surface area contributed by atoms with E-state index in [0.717, 1.165) is 12.8 Å². The summed E-state index contributed by atoms with van der Waals surface area (Å²) >= 11 is 0. The predicted molar refractivity (Wildman–Crippen MR) is 59.0 cm³/mol. The van der Waals surface area contributed by atoms with Gasteiger partial charge in [-0.05, 0) is 19.8 Å². The van der Waals surface area contributed by atoms with Gasteiger partial charge in [0.05, 0.1) is 25.9 Å². The van der Waals surface area contributed by atoms with E-state index in [1.54, 1.807) is 0 Å². The molecular formula is C11H20N2O3.